The molecule has 0 spiro atoms. The number of benzene rings is 2. The topological polar surface area (TPSA) is 62.1 Å². The molecular weight excluding hydrogens is 304 g/mol. The molecular formula is C19H20N2O3. The molecule has 0 bridgehead atoms. The molecule has 24 heavy (non-hydrogen) atoms. The minimum atomic E-state index is -0.499. The summed E-state index contributed by atoms with van der Waals surface area (Å²) in [4.78, 5) is 19.0. The fraction of sp³-hybridized carbons (Fsp3) is 0.263. The number of aromatic hydroxyl groups is 1. The Morgan fingerprint density at radius 1 is 1.25 bits per heavy atom. The lowest BCUT2D eigenvalue weighted by atomic mass is 9.99. The van der Waals surface area contributed by atoms with Gasteiger partial charge in [0.1, 0.15) is 17.5 Å². The van der Waals surface area contributed by atoms with E-state index < -0.39 is 6.04 Å². The second-order valence-electron chi connectivity index (χ2n) is 5.67. The van der Waals surface area contributed by atoms with E-state index in [1.54, 1.807) is 37.1 Å². The number of carbonyl (C=O) groups excluding carboxylic acids is 1. The number of amides is 1. The van der Waals surface area contributed by atoms with Gasteiger partial charge in [0.25, 0.3) is 5.91 Å². The molecule has 0 saturated carbocycles. The third-order valence-electron chi connectivity index (χ3n) is 4.13. The maximum Gasteiger partial charge on any atom is 0.251 e. The van der Waals surface area contributed by atoms with Gasteiger partial charge in [-0.1, -0.05) is 12.1 Å². The number of rotatable bonds is 3. The van der Waals surface area contributed by atoms with Crippen molar-refractivity contribution in [1.29, 1.82) is 0 Å². The summed E-state index contributed by atoms with van der Waals surface area (Å²) in [5, 5.41) is 9.95. The number of benzodiazepines with no additional fused rings is 1. The van der Waals surface area contributed by atoms with Gasteiger partial charge in [-0.3, -0.25) is 9.79 Å². The first kappa shape index (κ1) is 16.1. The average Bonchev–Trinajstić information content (AvgIpc) is 2.70. The Morgan fingerprint density at radius 2 is 2.04 bits per heavy atom. The summed E-state index contributed by atoms with van der Waals surface area (Å²) in [6, 6.07) is 12.1. The molecule has 124 valence electrons. The lowest BCUT2D eigenvalue weighted by molar-refractivity contribution is -0.119. The van der Waals surface area contributed by atoms with Gasteiger partial charge < -0.3 is 14.7 Å². The molecule has 1 heterocycles. The van der Waals surface area contributed by atoms with Crippen LogP contribution in [-0.4, -0.2) is 36.4 Å². The Bertz CT molecular complexity index is 814. The predicted octanol–water partition coefficient (Wildman–Crippen LogP) is 2.99. The maximum absolute atomic E-state index is 12.7. The van der Waals surface area contributed by atoms with E-state index in [9.17, 15) is 9.90 Å². The van der Waals surface area contributed by atoms with Gasteiger partial charge in [0.05, 0.1) is 18.5 Å². The second kappa shape index (κ2) is 6.35. The van der Waals surface area contributed by atoms with Gasteiger partial charge in [-0.15, -0.1) is 0 Å². The lowest BCUT2D eigenvalue weighted by Crippen LogP contribution is -2.36. The molecule has 3 rings (SSSR count). The van der Waals surface area contributed by atoms with Crippen LogP contribution in [0.3, 0.4) is 0 Å². The van der Waals surface area contributed by atoms with Crippen molar-refractivity contribution in [2.45, 2.75) is 19.9 Å². The van der Waals surface area contributed by atoms with Crippen molar-refractivity contribution in [2.24, 2.45) is 4.99 Å². The number of aliphatic imine (C=N–C) groups is 1. The minimum absolute atomic E-state index is 0.0534. The standard InChI is InChI=1S/C19H20N2O3/c1-4-21-17-9-8-14(22)11-16(17)18(20-12(2)19(21)23)13-6-5-7-15(10-13)24-3/h5-12,22H,4H2,1-3H3/t12-/m0/s1. The van der Waals surface area contributed by atoms with Crippen LogP contribution in [-0.2, 0) is 4.79 Å². The molecule has 1 N–H and O–H groups in total. The van der Waals surface area contributed by atoms with Gasteiger partial charge in [-0.2, -0.15) is 0 Å². The number of nitrogens with zero attached hydrogens (tertiary/aromatic N) is 2. The van der Waals surface area contributed by atoms with Crippen LogP contribution in [0.4, 0.5) is 5.69 Å². The smallest absolute Gasteiger partial charge is 0.251 e. The van der Waals surface area contributed by atoms with Gasteiger partial charge >= 0.3 is 0 Å². The largest absolute Gasteiger partial charge is 0.508 e. The molecule has 1 amide bonds. The molecule has 0 aliphatic carbocycles. The summed E-state index contributed by atoms with van der Waals surface area (Å²) in [6.07, 6.45) is 0. The van der Waals surface area contributed by atoms with Crippen LogP contribution in [0.15, 0.2) is 47.5 Å². The Balaban J connectivity index is 2.25. The minimum Gasteiger partial charge on any atom is -0.508 e. The zero-order valence-electron chi connectivity index (χ0n) is 14.0. The number of anilines is 1. The number of hydrogen-bond acceptors (Lipinski definition) is 4. The van der Waals surface area contributed by atoms with E-state index in [0.717, 1.165) is 16.8 Å². The fourth-order valence-electron chi connectivity index (χ4n) is 2.94. The summed E-state index contributed by atoms with van der Waals surface area (Å²) >= 11 is 0. The van der Waals surface area contributed by atoms with E-state index in [2.05, 4.69) is 4.99 Å². The second-order valence-corrected chi connectivity index (χ2v) is 5.67. The summed E-state index contributed by atoms with van der Waals surface area (Å²) in [6.45, 7) is 4.26. The third kappa shape index (κ3) is 2.73. The Hall–Kier alpha value is -2.82. The first-order chi connectivity index (χ1) is 11.5. The van der Waals surface area contributed by atoms with E-state index >= 15 is 0 Å². The monoisotopic (exact) mass is 324 g/mol. The Morgan fingerprint density at radius 3 is 2.75 bits per heavy atom. The van der Waals surface area contributed by atoms with Crippen LogP contribution in [0.2, 0.25) is 0 Å². The van der Waals surface area contributed by atoms with E-state index in [4.69, 9.17) is 4.74 Å². The van der Waals surface area contributed by atoms with Crippen molar-refractivity contribution >= 4 is 17.3 Å². The van der Waals surface area contributed by atoms with Gasteiger partial charge in [-0.05, 0) is 44.2 Å². The van der Waals surface area contributed by atoms with Crippen LogP contribution in [0.1, 0.15) is 25.0 Å². The average molecular weight is 324 g/mol. The molecule has 0 saturated heterocycles. The molecule has 5 heteroatoms. The highest BCUT2D eigenvalue weighted by Gasteiger charge is 2.29. The Labute approximate surface area is 141 Å². The summed E-state index contributed by atoms with van der Waals surface area (Å²) in [7, 11) is 1.61. The van der Waals surface area contributed by atoms with Crippen LogP contribution in [0, 0.1) is 0 Å². The highest BCUT2D eigenvalue weighted by molar-refractivity contribution is 6.20. The van der Waals surface area contributed by atoms with Crippen LogP contribution in [0.25, 0.3) is 0 Å². The Kier molecular flexibility index (Phi) is 4.25. The van der Waals surface area contributed by atoms with Gasteiger partial charge in [0.15, 0.2) is 0 Å². The van der Waals surface area contributed by atoms with Crippen molar-refractivity contribution in [3.8, 4) is 11.5 Å². The van der Waals surface area contributed by atoms with Gasteiger partial charge in [0, 0.05) is 17.7 Å². The molecule has 1 atom stereocenters. The van der Waals surface area contributed by atoms with E-state index in [1.165, 1.54) is 0 Å². The maximum atomic E-state index is 12.7. The number of phenols is 1. The number of phenolic OH excluding ortho intramolecular Hbond substituents is 1. The predicted molar refractivity (Wildman–Crippen MR) is 94.2 cm³/mol. The van der Waals surface area contributed by atoms with E-state index in [1.807, 2.05) is 31.2 Å². The number of likely N-dealkylation sites (N-methyl/N-ethyl adjacent to an activating group) is 1. The molecule has 2 aromatic rings. The highest BCUT2D eigenvalue weighted by Crippen LogP contribution is 2.31. The number of ether oxygens (including phenoxy) is 1. The number of hydrogen-bond donors (Lipinski definition) is 1. The van der Waals surface area contributed by atoms with Crippen molar-refractivity contribution in [3.63, 3.8) is 0 Å². The van der Waals surface area contributed by atoms with Crippen LogP contribution >= 0.6 is 0 Å². The molecule has 5 nitrogen and oxygen atoms in total. The zero-order chi connectivity index (χ0) is 17.3. The van der Waals surface area contributed by atoms with Crippen molar-refractivity contribution in [2.75, 3.05) is 18.6 Å². The molecule has 0 unspecified atom stereocenters. The van der Waals surface area contributed by atoms with Crippen molar-refractivity contribution in [1.82, 2.24) is 0 Å². The quantitative estimate of drug-likeness (QED) is 0.944. The van der Waals surface area contributed by atoms with Crippen LogP contribution < -0.4 is 9.64 Å². The first-order valence-corrected chi connectivity index (χ1v) is 7.92. The molecule has 0 aromatic heterocycles. The fourth-order valence-corrected chi connectivity index (χ4v) is 2.94. The number of carbonyl (C=O) groups is 1. The van der Waals surface area contributed by atoms with Crippen molar-refractivity contribution in [3.05, 3.63) is 53.6 Å². The van der Waals surface area contributed by atoms with Crippen LogP contribution in [0.5, 0.6) is 11.5 Å². The van der Waals surface area contributed by atoms with Gasteiger partial charge in [0.2, 0.25) is 0 Å². The molecule has 0 fully saturated rings. The molecule has 1 aliphatic rings. The van der Waals surface area contributed by atoms with Gasteiger partial charge in [-0.25, -0.2) is 0 Å². The molecule has 2 aromatic carbocycles. The molecule has 1 aliphatic heterocycles. The summed E-state index contributed by atoms with van der Waals surface area (Å²) in [5.41, 5.74) is 3.02. The normalized spacial score (nSPS) is 17.1. The number of methoxy groups -OCH3 is 1. The SMILES string of the molecule is CCN1C(=O)[C@H](C)N=C(c2cccc(OC)c2)c2cc(O)ccc21. The lowest BCUT2D eigenvalue weighted by Gasteiger charge is -2.22. The van der Waals surface area contributed by atoms with Crippen molar-refractivity contribution < 1.29 is 14.6 Å². The highest BCUT2D eigenvalue weighted by atomic mass is 16.5. The number of fused-ring (bicyclic) bond motifs is 1. The summed E-state index contributed by atoms with van der Waals surface area (Å²) < 4.78 is 5.30. The molecule has 0 radical (unpaired) electrons. The van der Waals surface area contributed by atoms with E-state index in [0.29, 0.717) is 18.0 Å². The zero-order valence-corrected chi connectivity index (χ0v) is 14.0. The first-order valence-electron chi connectivity index (χ1n) is 7.92. The van der Waals surface area contributed by atoms with E-state index in [-0.39, 0.29) is 11.7 Å². The summed E-state index contributed by atoms with van der Waals surface area (Å²) in [5.74, 6) is 0.803. The third-order valence-corrected chi connectivity index (χ3v) is 4.13.